The maximum absolute atomic E-state index is 14.2. The number of fused-ring (bicyclic) bond motifs is 1. The normalized spacial score (nSPS) is 10.6. The second kappa shape index (κ2) is 7.40. The number of hydrogen-bond donors (Lipinski definition) is 2. The molecule has 10 heteroatoms. The van der Waals surface area contributed by atoms with Crippen LogP contribution in [0.25, 0.3) is 16.6 Å². The van der Waals surface area contributed by atoms with E-state index in [0.717, 1.165) is 28.8 Å². The topological polar surface area (TPSA) is 108 Å². The minimum atomic E-state index is -1.33. The van der Waals surface area contributed by atoms with Gasteiger partial charge in [-0.2, -0.15) is 5.26 Å². The number of rotatable bonds is 4. The van der Waals surface area contributed by atoms with Gasteiger partial charge in [-0.25, -0.2) is 22.9 Å². The Balaban J connectivity index is 2.35. The highest BCUT2D eigenvalue weighted by molar-refractivity contribution is 5.84. The van der Waals surface area contributed by atoms with Crippen molar-refractivity contribution in [2.75, 3.05) is 6.54 Å². The molecular weight excluding hydrogens is 377 g/mol. The summed E-state index contributed by atoms with van der Waals surface area (Å²) in [5.74, 6) is -2.92. The van der Waals surface area contributed by atoms with Gasteiger partial charge in [-0.3, -0.25) is 9.36 Å². The summed E-state index contributed by atoms with van der Waals surface area (Å²) in [6.45, 7) is -0.190. The molecule has 0 aliphatic carbocycles. The van der Waals surface area contributed by atoms with E-state index in [4.69, 9.17) is 5.11 Å². The first-order chi connectivity index (χ1) is 13.3. The molecule has 3 rings (SSSR count). The number of nitriles is 1. The average Bonchev–Trinajstić information content (AvgIpc) is 2.61. The summed E-state index contributed by atoms with van der Waals surface area (Å²) < 4.78 is 42.4. The molecule has 0 atom stereocenters. The van der Waals surface area contributed by atoms with Crippen LogP contribution < -0.4 is 10.9 Å². The van der Waals surface area contributed by atoms with Gasteiger partial charge in [-0.05, 0) is 24.3 Å². The molecule has 0 radical (unpaired) electrons. The molecule has 28 heavy (non-hydrogen) atoms. The molecular formula is C18H11F3N4O3. The number of aromatic nitrogens is 2. The van der Waals surface area contributed by atoms with Crippen molar-refractivity contribution in [1.29, 1.82) is 5.26 Å². The Hall–Kier alpha value is -3.87. The molecule has 1 heterocycles. The fourth-order valence-electron chi connectivity index (χ4n) is 2.78. The zero-order valence-electron chi connectivity index (χ0n) is 14.0. The van der Waals surface area contributed by atoms with Gasteiger partial charge >= 0.3 is 6.09 Å². The lowest BCUT2D eigenvalue weighted by Gasteiger charge is -2.15. The number of benzene rings is 2. The Kier molecular flexibility index (Phi) is 5.00. The van der Waals surface area contributed by atoms with Gasteiger partial charge in [0.1, 0.15) is 34.9 Å². The van der Waals surface area contributed by atoms with Crippen LogP contribution >= 0.6 is 0 Å². The fourth-order valence-corrected chi connectivity index (χ4v) is 2.78. The number of carboxylic acid groups (broad SMARTS) is 1. The largest absolute Gasteiger partial charge is 0.465 e. The van der Waals surface area contributed by atoms with Crippen molar-refractivity contribution < 1.29 is 23.1 Å². The summed E-state index contributed by atoms with van der Waals surface area (Å²) in [7, 11) is 0. The van der Waals surface area contributed by atoms with Crippen molar-refractivity contribution in [3.05, 3.63) is 69.5 Å². The molecule has 1 amide bonds. The van der Waals surface area contributed by atoms with Gasteiger partial charge in [-0.15, -0.1) is 0 Å². The van der Waals surface area contributed by atoms with E-state index in [1.54, 1.807) is 6.07 Å². The van der Waals surface area contributed by atoms with Crippen LogP contribution in [0.3, 0.4) is 0 Å². The molecule has 142 valence electrons. The van der Waals surface area contributed by atoms with Crippen molar-refractivity contribution in [3.63, 3.8) is 0 Å². The molecule has 7 nitrogen and oxygen atoms in total. The van der Waals surface area contributed by atoms with Crippen LogP contribution in [-0.4, -0.2) is 27.3 Å². The Labute approximate surface area is 155 Å². The van der Waals surface area contributed by atoms with E-state index in [1.807, 2.05) is 0 Å². The van der Waals surface area contributed by atoms with Crippen LogP contribution in [0.4, 0.5) is 18.0 Å². The Morgan fingerprint density at radius 1 is 1.21 bits per heavy atom. The summed E-state index contributed by atoms with van der Waals surface area (Å²) in [5, 5.41) is 19.6. The number of amides is 1. The van der Waals surface area contributed by atoms with Crippen LogP contribution in [0.15, 0.2) is 35.1 Å². The van der Waals surface area contributed by atoms with E-state index in [0.29, 0.717) is 6.07 Å². The van der Waals surface area contributed by atoms with Gasteiger partial charge < -0.3 is 10.4 Å². The smallest absolute Gasteiger partial charge is 0.404 e. The summed E-state index contributed by atoms with van der Waals surface area (Å²) in [6, 6.07) is 6.18. The van der Waals surface area contributed by atoms with Crippen LogP contribution in [0.2, 0.25) is 0 Å². The highest BCUT2D eigenvalue weighted by Gasteiger charge is 2.19. The molecule has 3 aromatic rings. The zero-order chi connectivity index (χ0) is 20.4. The number of hydrogen-bond acceptors (Lipinski definition) is 4. The van der Waals surface area contributed by atoms with Gasteiger partial charge in [0.05, 0.1) is 16.6 Å². The van der Waals surface area contributed by atoms with Gasteiger partial charge in [0, 0.05) is 19.0 Å². The predicted molar refractivity (Wildman–Crippen MR) is 91.7 cm³/mol. The van der Waals surface area contributed by atoms with E-state index in [-0.39, 0.29) is 40.9 Å². The van der Waals surface area contributed by atoms with Crippen molar-refractivity contribution in [3.8, 4) is 11.8 Å². The van der Waals surface area contributed by atoms with Gasteiger partial charge in [-0.1, -0.05) is 0 Å². The minimum absolute atomic E-state index is 0.134. The summed E-state index contributed by atoms with van der Waals surface area (Å²) in [5.41, 5.74) is -1.68. The first-order valence-electron chi connectivity index (χ1n) is 7.89. The molecule has 0 aliphatic rings. The minimum Gasteiger partial charge on any atom is -0.465 e. The maximum atomic E-state index is 14.2. The molecule has 1 aromatic heterocycles. The molecule has 0 saturated heterocycles. The van der Waals surface area contributed by atoms with Crippen molar-refractivity contribution >= 4 is 17.0 Å². The van der Waals surface area contributed by atoms with Crippen LogP contribution in [0.1, 0.15) is 11.4 Å². The number of nitrogens with one attached hydrogen (secondary N) is 1. The molecule has 0 spiro atoms. The quantitative estimate of drug-likeness (QED) is 0.714. The molecule has 2 aromatic carbocycles. The zero-order valence-corrected chi connectivity index (χ0v) is 14.0. The second-order valence-corrected chi connectivity index (χ2v) is 5.71. The first-order valence-corrected chi connectivity index (χ1v) is 7.89. The van der Waals surface area contributed by atoms with Gasteiger partial charge in [0.2, 0.25) is 0 Å². The Morgan fingerprint density at radius 3 is 2.50 bits per heavy atom. The SMILES string of the molecule is N#Cc1ccc(F)c2nc(CCNC(=O)O)n(-c3cc(F)cc(F)c3)c(=O)c12. The van der Waals surface area contributed by atoms with E-state index >= 15 is 0 Å². The van der Waals surface area contributed by atoms with E-state index in [9.17, 15) is 28.0 Å². The third-order valence-electron chi connectivity index (χ3n) is 3.90. The van der Waals surface area contributed by atoms with E-state index in [2.05, 4.69) is 10.3 Å². The second-order valence-electron chi connectivity index (χ2n) is 5.71. The third-order valence-corrected chi connectivity index (χ3v) is 3.90. The van der Waals surface area contributed by atoms with Crippen molar-refractivity contribution in [1.82, 2.24) is 14.9 Å². The summed E-state index contributed by atoms with van der Waals surface area (Å²) in [6.07, 6.45) is -1.50. The highest BCUT2D eigenvalue weighted by atomic mass is 19.1. The fraction of sp³-hybridized carbons (Fsp3) is 0.111. The first kappa shape index (κ1) is 18.9. The lowest BCUT2D eigenvalue weighted by atomic mass is 10.1. The molecule has 2 N–H and O–H groups in total. The van der Waals surface area contributed by atoms with Crippen LogP contribution in [-0.2, 0) is 6.42 Å². The van der Waals surface area contributed by atoms with Crippen LogP contribution in [0, 0.1) is 28.8 Å². The Bertz CT molecular complexity index is 1180. The lowest BCUT2D eigenvalue weighted by molar-refractivity contribution is 0.194. The molecule has 0 fully saturated rings. The molecule has 0 bridgehead atoms. The van der Waals surface area contributed by atoms with E-state index < -0.39 is 29.1 Å². The number of halogens is 3. The highest BCUT2D eigenvalue weighted by Crippen LogP contribution is 2.20. The van der Waals surface area contributed by atoms with E-state index in [1.165, 1.54) is 0 Å². The summed E-state index contributed by atoms with van der Waals surface area (Å²) in [4.78, 5) is 27.7. The molecule has 0 unspecified atom stereocenters. The average molecular weight is 388 g/mol. The summed E-state index contributed by atoms with van der Waals surface area (Å²) >= 11 is 0. The third kappa shape index (κ3) is 3.50. The maximum Gasteiger partial charge on any atom is 0.404 e. The van der Waals surface area contributed by atoms with Crippen LogP contribution in [0.5, 0.6) is 0 Å². The van der Waals surface area contributed by atoms with Crippen molar-refractivity contribution in [2.45, 2.75) is 6.42 Å². The molecule has 0 saturated carbocycles. The number of carbonyl (C=O) groups is 1. The predicted octanol–water partition coefficient (Wildman–Crippen LogP) is 2.48. The van der Waals surface area contributed by atoms with Gasteiger partial charge in [0.15, 0.2) is 0 Å². The molecule has 0 aliphatic heterocycles. The van der Waals surface area contributed by atoms with Gasteiger partial charge in [0.25, 0.3) is 5.56 Å². The lowest BCUT2D eigenvalue weighted by Crippen LogP contribution is -2.29. The van der Waals surface area contributed by atoms with Crippen molar-refractivity contribution in [2.24, 2.45) is 0 Å². The Morgan fingerprint density at radius 2 is 1.89 bits per heavy atom. The number of nitrogens with zero attached hydrogens (tertiary/aromatic N) is 3. The monoisotopic (exact) mass is 388 g/mol. The standard InChI is InChI=1S/C18H11F3N4O3/c19-10-5-11(20)7-12(6-10)25-14(3-4-23-18(27)28)24-16-13(21)2-1-9(8-22)15(16)17(25)26/h1-2,5-7,23H,3-4H2,(H,27,28).